The summed E-state index contributed by atoms with van der Waals surface area (Å²) in [7, 11) is 0. The lowest BCUT2D eigenvalue weighted by molar-refractivity contribution is 0.202. The molecular weight excluding hydrogens is 316 g/mol. The number of anilines is 1. The van der Waals surface area contributed by atoms with Gasteiger partial charge in [-0.2, -0.15) is 0 Å². The number of hydrogen-bond acceptors (Lipinski definition) is 4. The number of nitrogens with zero attached hydrogens (tertiary/aromatic N) is 4. The van der Waals surface area contributed by atoms with Gasteiger partial charge in [0.1, 0.15) is 16.2 Å². The van der Waals surface area contributed by atoms with Gasteiger partial charge in [-0.3, -0.25) is 4.90 Å². The zero-order chi connectivity index (χ0) is 13.7. The van der Waals surface area contributed by atoms with Crippen molar-refractivity contribution in [2.45, 2.75) is 50.6 Å². The Labute approximate surface area is 128 Å². The highest BCUT2D eigenvalue weighted by molar-refractivity contribution is 9.10. The second-order valence-corrected chi connectivity index (χ2v) is 7.29. The van der Waals surface area contributed by atoms with E-state index in [1.165, 1.54) is 38.8 Å². The zero-order valence-electron chi connectivity index (χ0n) is 11.9. The van der Waals surface area contributed by atoms with Crippen molar-refractivity contribution in [2.75, 3.05) is 24.5 Å². The van der Waals surface area contributed by atoms with Crippen molar-refractivity contribution in [1.29, 1.82) is 0 Å². The average molecular weight is 337 g/mol. The van der Waals surface area contributed by atoms with Gasteiger partial charge < -0.3 is 4.90 Å². The molecule has 0 aromatic carbocycles. The van der Waals surface area contributed by atoms with Crippen molar-refractivity contribution in [3.05, 3.63) is 16.5 Å². The Kier molecular flexibility index (Phi) is 3.22. The molecule has 4 nitrogen and oxygen atoms in total. The quantitative estimate of drug-likeness (QED) is 0.777. The molecule has 2 aliphatic heterocycles. The van der Waals surface area contributed by atoms with Crippen LogP contribution in [-0.2, 0) is 0 Å². The third-order valence-electron chi connectivity index (χ3n) is 4.87. The second-order valence-electron chi connectivity index (χ2n) is 6.47. The van der Waals surface area contributed by atoms with Crippen molar-refractivity contribution >= 4 is 21.7 Å². The molecule has 20 heavy (non-hydrogen) atoms. The van der Waals surface area contributed by atoms with Crippen LogP contribution in [0.25, 0.3) is 0 Å². The molecule has 0 spiro atoms. The SMILES string of the molecule is CC1CN2CCCC2CN1c1cc(Br)nc(C2CC2)n1. The van der Waals surface area contributed by atoms with Crippen LogP contribution in [0.5, 0.6) is 0 Å². The fourth-order valence-electron chi connectivity index (χ4n) is 3.60. The summed E-state index contributed by atoms with van der Waals surface area (Å²) in [5, 5.41) is 0. The summed E-state index contributed by atoms with van der Waals surface area (Å²) in [4.78, 5) is 14.5. The fraction of sp³-hybridized carbons (Fsp3) is 0.733. The Bertz CT molecular complexity index is 517. The minimum Gasteiger partial charge on any atom is -0.351 e. The van der Waals surface area contributed by atoms with Crippen LogP contribution in [0.4, 0.5) is 5.82 Å². The lowest BCUT2D eigenvalue weighted by atomic mass is 10.1. The molecule has 0 radical (unpaired) electrons. The molecule has 0 N–H and O–H groups in total. The molecule has 1 aliphatic carbocycles. The Morgan fingerprint density at radius 3 is 2.85 bits per heavy atom. The van der Waals surface area contributed by atoms with Crippen molar-refractivity contribution in [2.24, 2.45) is 0 Å². The van der Waals surface area contributed by atoms with Crippen LogP contribution >= 0.6 is 15.9 Å². The van der Waals surface area contributed by atoms with E-state index in [4.69, 9.17) is 4.98 Å². The minimum absolute atomic E-state index is 0.540. The summed E-state index contributed by atoms with van der Waals surface area (Å²) in [5.74, 6) is 2.76. The van der Waals surface area contributed by atoms with Crippen LogP contribution in [0.2, 0.25) is 0 Å². The normalized spacial score (nSPS) is 30.6. The summed E-state index contributed by atoms with van der Waals surface area (Å²) in [6.45, 7) is 5.89. The number of hydrogen-bond donors (Lipinski definition) is 0. The fourth-order valence-corrected chi connectivity index (χ4v) is 3.99. The second kappa shape index (κ2) is 4.95. The molecule has 1 aromatic rings. The van der Waals surface area contributed by atoms with E-state index < -0.39 is 0 Å². The van der Waals surface area contributed by atoms with Crippen molar-refractivity contribution in [3.63, 3.8) is 0 Å². The largest absolute Gasteiger partial charge is 0.351 e. The Morgan fingerprint density at radius 2 is 2.05 bits per heavy atom. The molecule has 2 saturated heterocycles. The zero-order valence-corrected chi connectivity index (χ0v) is 13.5. The number of rotatable bonds is 2. The maximum Gasteiger partial charge on any atom is 0.135 e. The third-order valence-corrected chi connectivity index (χ3v) is 5.28. The van der Waals surface area contributed by atoms with Crippen molar-refractivity contribution < 1.29 is 0 Å². The van der Waals surface area contributed by atoms with Gasteiger partial charge in [0.15, 0.2) is 0 Å². The molecule has 1 saturated carbocycles. The van der Waals surface area contributed by atoms with Crippen LogP contribution in [-0.4, -0.2) is 46.6 Å². The van der Waals surface area contributed by atoms with Crippen LogP contribution in [0.1, 0.15) is 44.3 Å². The van der Waals surface area contributed by atoms with Gasteiger partial charge in [-0.05, 0) is 55.1 Å². The minimum atomic E-state index is 0.540. The Balaban J connectivity index is 1.62. The molecule has 2 atom stereocenters. The lowest BCUT2D eigenvalue weighted by Crippen LogP contribution is -2.55. The highest BCUT2D eigenvalue weighted by Crippen LogP contribution is 2.39. The standard InChI is InChI=1S/C15H21BrN4/c1-10-8-19-6-2-3-12(19)9-20(10)14-7-13(16)17-15(18-14)11-4-5-11/h7,10-12H,2-6,8-9H2,1H3. The summed E-state index contributed by atoms with van der Waals surface area (Å²) in [5.41, 5.74) is 0. The van der Waals surface area contributed by atoms with Crippen LogP contribution in [0, 0.1) is 0 Å². The van der Waals surface area contributed by atoms with E-state index in [0.29, 0.717) is 12.0 Å². The molecule has 0 bridgehead atoms. The average Bonchev–Trinajstić information content (AvgIpc) is 3.17. The van der Waals surface area contributed by atoms with E-state index in [-0.39, 0.29) is 0 Å². The monoisotopic (exact) mass is 336 g/mol. The number of halogens is 1. The number of piperazine rings is 1. The van der Waals surface area contributed by atoms with Gasteiger partial charge in [0.25, 0.3) is 0 Å². The molecule has 108 valence electrons. The van der Waals surface area contributed by atoms with Gasteiger partial charge in [-0.1, -0.05) is 0 Å². The first-order valence-corrected chi connectivity index (χ1v) is 8.55. The molecule has 3 aliphatic rings. The van der Waals surface area contributed by atoms with E-state index in [0.717, 1.165) is 28.8 Å². The van der Waals surface area contributed by atoms with Crippen molar-refractivity contribution in [3.8, 4) is 0 Å². The molecule has 1 aromatic heterocycles. The summed E-state index contributed by atoms with van der Waals surface area (Å²) in [6.07, 6.45) is 5.20. The molecule has 2 unspecified atom stereocenters. The van der Waals surface area contributed by atoms with Gasteiger partial charge in [0, 0.05) is 37.2 Å². The predicted octanol–water partition coefficient (Wildman–Crippen LogP) is 2.79. The predicted molar refractivity (Wildman–Crippen MR) is 83.1 cm³/mol. The lowest BCUT2D eigenvalue weighted by Gasteiger charge is -2.43. The number of aromatic nitrogens is 2. The third kappa shape index (κ3) is 2.35. The van der Waals surface area contributed by atoms with Crippen LogP contribution < -0.4 is 4.90 Å². The maximum atomic E-state index is 4.85. The topological polar surface area (TPSA) is 32.3 Å². The molecule has 4 rings (SSSR count). The Morgan fingerprint density at radius 1 is 1.20 bits per heavy atom. The first kappa shape index (κ1) is 13.0. The van der Waals surface area contributed by atoms with Gasteiger partial charge in [-0.25, -0.2) is 9.97 Å². The summed E-state index contributed by atoms with van der Waals surface area (Å²) in [6, 6.07) is 3.36. The highest BCUT2D eigenvalue weighted by Gasteiger charge is 2.35. The molecule has 3 fully saturated rings. The van der Waals surface area contributed by atoms with Gasteiger partial charge >= 0.3 is 0 Å². The maximum absolute atomic E-state index is 4.85. The molecular formula is C15H21BrN4. The summed E-state index contributed by atoms with van der Waals surface area (Å²) < 4.78 is 0.936. The van der Waals surface area contributed by atoms with Gasteiger partial charge in [0.05, 0.1) is 0 Å². The smallest absolute Gasteiger partial charge is 0.135 e. The van der Waals surface area contributed by atoms with Crippen LogP contribution in [0.15, 0.2) is 10.7 Å². The summed E-state index contributed by atoms with van der Waals surface area (Å²) >= 11 is 3.56. The highest BCUT2D eigenvalue weighted by atomic mass is 79.9. The Hall–Kier alpha value is -0.680. The van der Waals surface area contributed by atoms with Gasteiger partial charge in [-0.15, -0.1) is 0 Å². The van der Waals surface area contributed by atoms with E-state index in [1.54, 1.807) is 0 Å². The van der Waals surface area contributed by atoms with E-state index in [1.807, 2.05) is 0 Å². The number of fused-ring (bicyclic) bond motifs is 1. The van der Waals surface area contributed by atoms with E-state index in [9.17, 15) is 0 Å². The van der Waals surface area contributed by atoms with Crippen molar-refractivity contribution in [1.82, 2.24) is 14.9 Å². The molecule has 0 amide bonds. The first-order chi connectivity index (χ1) is 9.70. The molecule has 3 heterocycles. The van der Waals surface area contributed by atoms with E-state index in [2.05, 4.69) is 43.7 Å². The molecule has 5 heteroatoms. The first-order valence-electron chi connectivity index (χ1n) is 7.76. The van der Waals surface area contributed by atoms with Gasteiger partial charge in [0.2, 0.25) is 0 Å². The van der Waals surface area contributed by atoms with Crippen LogP contribution in [0.3, 0.4) is 0 Å². The van der Waals surface area contributed by atoms with E-state index >= 15 is 0 Å².